The Morgan fingerprint density at radius 1 is 0.843 bits per heavy atom. The van der Waals surface area contributed by atoms with Gasteiger partial charge in [0.2, 0.25) is 17.7 Å². The number of amides is 5. The van der Waals surface area contributed by atoms with Gasteiger partial charge < -0.3 is 20.2 Å². The van der Waals surface area contributed by atoms with Gasteiger partial charge in [-0.05, 0) is 56.0 Å². The van der Waals surface area contributed by atoms with Crippen molar-refractivity contribution in [1.82, 2.24) is 20.0 Å². The molecule has 3 saturated heterocycles. The van der Waals surface area contributed by atoms with Crippen molar-refractivity contribution in [1.29, 1.82) is 0 Å². The molecule has 4 aliphatic rings. The predicted octanol–water partition coefficient (Wildman–Crippen LogP) is 4.79. The highest BCUT2D eigenvalue weighted by Gasteiger charge is 2.45. The first-order chi connectivity index (χ1) is 24.7. The lowest BCUT2D eigenvalue weighted by atomic mass is 10.0. The summed E-state index contributed by atoms with van der Waals surface area (Å²) < 4.78 is 0. The lowest BCUT2D eigenvalue weighted by Crippen LogP contribution is -2.54. The standard InChI is InChI=1S/C39H47N5O7/c45-33-13-10-9-12-30(33)34(46)19-21-42-24-28-23-27(42)25-43(28)36(48)14-8-6-4-2-1-3-5-7-11-20-40-26-15-16-29-31(22-26)39(51)44(38(29)50)32-17-18-35(47)41-37(32)49/h9-10,12-13,15-16,19,21-22,27-28,32,40,45H,1-8,11,14,17-18,20,23-25H2,(H,41,47,49)/b21-19+/t27-,28-,32?/m1/s1. The number of imide groups is 2. The number of aromatic hydroxyl groups is 1. The fourth-order valence-electron chi connectivity index (χ4n) is 7.72. The number of carbonyl (C=O) groups is 6. The van der Waals surface area contributed by atoms with Crippen molar-refractivity contribution in [3.05, 3.63) is 71.4 Å². The molecule has 2 aromatic carbocycles. The molecule has 4 heterocycles. The molecule has 0 spiro atoms. The second kappa shape index (κ2) is 16.3. The number of allylic oxidation sites excluding steroid dienone is 1. The largest absolute Gasteiger partial charge is 0.507 e. The molecule has 5 amide bonds. The first-order valence-electron chi connectivity index (χ1n) is 18.4. The number of rotatable bonds is 17. The molecule has 6 rings (SSSR count). The van der Waals surface area contributed by atoms with Crippen LogP contribution in [0.5, 0.6) is 5.75 Å². The number of anilines is 1. The minimum Gasteiger partial charge on any atom is -0.507 e. The van der Waals surface area contributed by atoms with E-state index < -0.39 is 29.7 Å². The molecule has 12 nitrogen and oxygen atoms in total. The zero-order valence-corrected chi connectivity index (χ0v) is 29.0. The van der Waals surface area contributed by atoms with E-state index >= 15 is 0 Å². The fourth-order valence-corrected chi connectivity index (χ4v) is 7.72. The lowest BCUT2D eigenvalue weighted by Gasteiger charge is -2.33. The molecule has 0 aromatic heterocycles. The molecule has 2 bridgehead atoms. The van der Waals surface area contributed by atoms with Crippen molar-refractivity contribution in [3.8, 4) is 5.75 Å². The Bertz CT molecular complexity index is 1710. The van der Waals surface area contributed by atoms with Gasteiger partial charge in [-0.3, -0.25) is 39.0 Å². The first kappa shape index (κ1) is 35.8. The summed E-state index contributed by atoms with van der Waals surface area (Å²) in [5, 5.41) is 15.5. The SMILES string of the molecule is O=C1CCC(N2C(=O)c3ccc(NCCCCCCCCCCCC(=O)N4C[C@H]5C[C@@H]4CN5/C=C/C(=O)c4ccccc4O)cc3C2=O)C(=O)N1. The maximum Gasteiger partial charge on any atom is 0.262 e. The molecular weight excluding hydrogens is 650 g/mol. The number of fused-ring (bicyclic) bond motifs is 3. The van der Waals surface area contributed by atoms with E-state index in [-0.39, 0.29) is 53.5 Å². The van der Waals surface area contributed by atoms with Gasteiger partial charge in [0.05, 0.1) is 22.7 Å². The number of hydrogen-bond acceptors (Lipinski definition) is 9. The summed E-state index contributed by atoms with van der Waals surface area (Å²) in [6.07, 6.45) is 14.9. The normalized spacial score (nSPS) is 21.2. The predicted molar refractivity (Wildman–Crippen MR) is 190 cm³/mol. The van der Waals surface area contributed by atoms with Gasteiger partial charge >= 0.3 is 0 Å². The van der Waals surface area contributed by atoms with Gasteiger partial charge in [0, 0.05) is 56.5 Å². The maximum absolute atomic E-state index is 13.0. The van der Waals surface area contributed by atoms with E-state index in [2.05, 4.69) is 15.5 Å². The number of hydrogen-bond donors (Lipinski definition) is 3. The molecule has 51 heavy (non-hydrogen) atoms. The third-order valence-corrected chi connectivity index (χ3v) is 10.5. The average molecular weight is 698 g/mol. The molecule has 12 heteroatoms. The monoisotopic (exact) mass is 697 g/mol. The summed E-state index contributed by atoms with van der Waals surface area (Å²) >= 11 is 0. The third kappa shape index (κ3) is 8.32. The van der Waals surface area contributed by atoms with Gasteiger partial charge in [-0.25, -0.2) is 0 Å². The Labute approximate surface area is 298 Å². The number of piperazine rings is 1. The number of phenolic OH excluding ortho intramolecular Hbond substituents is 1. The number of phenols is 1. The fraction of sp³-hybridized carbons (Fsp3) is 0.487. The summed E-state index contributed by atoms with van der Waals surface area (Å²) in [5.41, 5.74) is 1.60. The van der Waals surface area contributed by atoms with E-state index in [1.54, 1.807) is 36.4 Å². The van der Waals surface area contributed by atoms with Crippen LogP contribution < -0.4 is 10.6 Å². The highest BCUT2D eigenvalue weighted by molar-refractivity contribution is 6.23. The zero-order valence-electron chi connectivity index (χ0n) is 29.0. The van der Waals surface area contributed by atoms with Crippen LogP contribution in [0.25, 0.3) is 0 Å². The van der Waals surface area contributed by atoms with Crippen LogP contribution >= 0.6 is 0 Å². The van der Waals surface area contributed by atoms with Gasteiger partial charge in [-0.15, -0.1) is 0 Å². The topological polar surface area (TPSA) is 156 Å². The molecule has 0 radical (unpaired) electrons. The lowest BCUT2D eigenvalue weighted by molar-refractivity contribution is -0.136. The number of nitrogens with zero attached hydrogens (tertiary/aromatic N) is 3. The van der Waals surface area contributed by atoms with E-state index in [9.17, 15) is 33.9 Å². The molecule has 0 aliphatic carbocycles. The van der Waals surface area contributed by atoms with Gasteiger partial charge in [-0.2, -0.15) is 0 Å². The highest BCUT2D eigenvalue weighted by atomic mass is 16.3. The molecule has 4 aliphatic heterocycles. The van der Waals surface area contributed by atoms with Crippen LogP contribution in [0.4, 0.5) is 5.69 Å². The molecule has 1 unspecified atom stereocenters. The zero-order chi connectivity index (χ0) is 35.9. The Hall–Kier alpha value is -5.00. The minimum absolute atomic E-state index is 0.0204. The first-order valence-corrected chi connectivity index (χ1v) is 18.4. The van der Waals surface area contributed by atoms with E-state index in [0.29, 0.717) is 18.5 Å². The van der Waals surface area contributed by atoms with Crippen LogP contribution in [0.3, 0.4) is 0 Å². The summed E-state index contributed by atoms with van der Waals surface area (Å²) in [6.45, 7) is 2.19. The number of carbonyl (C=O) groups excluding carboxylic acids is 6. The summed E-state index contributed by atoms with van der Waals surface area (Å²) in [6, 6.07) is 11.1. The molecule has 3 fully saturated rings. The molecule has 3 N–H and O–H groups in total. The highest BCUT2D eigenvalue weighted by Crippen LogP contribution is 2.32. The van der Waals surface area contributed by atoms with Gasteiger partial charge in [-0.1, -0.05) is 57.1 Å². The van der Waals surface area contributed by atoms with E-state index in [0.717, 1.165) is 68.6 Å². The van der Waals surface area contributed by atoms with Crippen LogP contribution in [0, 0.1) is 0 Å². The van der Waals surface area contributed by atoms with Gasteiger partial charge in [0.15, 0.2) is 5.78 Å². The number of ketones is 1. The number of para-hydroxylation sites is 1. The Kier molecular flexibility index (Phi) is 11.5. The van der Waals surface area contributed by atoms with Crippen molar-refractivity contribution in [2.75, 3.05) is 25.0 Å². The average Bonchev–Trinajstić information content (AvgIpc) is 3.79. The van der Waals surface area contributed by atoms with Crippen molar-refractivity contribution >= 4 is 41.0 Å². The Morgan fingerprint density at radius 2 is 1.55 bits per heavy atom. The number of benzene rings is 2. The van der Waals surface area contributed by atoms with Crippen molar-refractivity contribution < 1.29 is 33.9 Å². The minimum atomic E-state index is -0.965. The second-order valence-electron chi connectivity index (χ2n) is 14.0. The van der Waals surface area contributed by atoms with Crippen LogP contribution in [0.15, 0.2) is 54.7 Å². The molecule has 0 saturated carbocycles. The van der Waals surface area contributed by atoms with Crippen LogP contribution in [-0.4, -0.2) is 92.9 Å². The van der Waals surface area contributed by atoms with Gasteiger partial charge in [0.1, 0.15) is 11.8 Å². The molecular formula is C39H47N5O7. The van der Waals surface area contributed by atoms with E-state index in [1.807, 2.05) is 11.1 Å². The molecule has 3 atom stereocenters. The number of piperidine rings is 1. The van der Waals surface area contributed by atoms with Crippen LogP contribution in [0.1, 0.15) is 115 Å². The van der Waals surface area contributed by atoms with E-state index in [4.69, 9.17) is 0 Å². The summed E-state index contributed by atoms with van der Waals surface area (Å²) in [5.74, 6) is -2.02. The van der Waals surface area contributed by atoms with Crippen molar-refractivity contribution in [2.45, 2.75) is 102 Å². The van der Waals surface area contributed by atoms with Crippen molar-refractivity contribution in [2.24, 2.45) is 0 Å². The summed E-state index contributed by atoms with van der Waals surface area (Å²) in [7, 11) is 0. The number of likely N-dealkylation sites (tertiary alicyclic amines) is 2. The molecule has 270 valence electrons. The third-order valence-electron chi connectivity index (χ3n) is 10.5. The summed E-state index contributed by atoms with van der Waals surface area (Å²) in [4.78, 5) is 80.1. The molecule has 2 aromatic rings. The second-order valence-corrected chi connectivity index (χ2v) is 14.0. The number of unbranched alkanes of at least 4 members (excludes halogenated alkanes) is 8. The van der Waals surface area contributed by atoms with Crippen molar-refractivity contribution in [3.63, 3.8) is 0 Å². The van der Waals surface area contributed by atoms with E-state index in [1.165, 1.54) is 31.4 Å². The van der Waals surface area contributed by atoms with Crippen LogP contribution in [-0.2, 0) is 14.4 Å². The Morgan fingerprint density at radius 3 is 2.25 bits per heavy atom. The quantitative estimate of drug-likeness (QED) is 0.0916. The van der Waals surface area contributed by atoms with Crippen LogP contribution in [0.2, 0.25) is 0 Å². The number of nitrogens with one attached hydrogen (secondary N) is 2. The maximum atomic E-state index is 13.0. The van der Waals surface area contributed by atoms with Gasteiger partial charge in [0.25, 0.3) is 11.8 Å². The smallest absolute Gasteiger partial charge is 0.262 e. The Balaban J connectivity index is 0.785.